The van der Waals surface area contributed by atoms with Gasteiger partial charge in [-0.05, 0) is 55.5 Å². The maximum atomic E-state index is 8.55. The first-order chi connectivity index (χ1) is 8.85. The van der Waals surface area contributed by atoms with Crippen LogP contribution in [0.25, 0.3) is 0 Å². The number of nitrogens with one attached hydrogen (secondary N) is 1. The van der Waals surface area contributed by atoms with Crippen molar-refractivity contribution in [3.05, 3.63) is 29.3 Å². The van der Waals surface area contributed by atoms with Crippen LogP contribution in [0.15, 0.2) is 18.2 Å². The van der Waals surface area contributed by atoms with Gasteiger partial charge in [-0.3, -0.25) is 0 Å². The molecule has 0 bridgehead atoms. The van der Waals surface area contributed by atoms with Crippen LogP contribution in [0.5, 0.6) is 5.75 Å². The molecule has 3 nitrogen and oxygen atoms in total. The van der Waals surface area contributed by atoms with Crippen LogP contribution in [0.3, 0.4) is 0 Å². The van der Waals surface area contributed by atoms with E-state index in [1.807, 2.05) is 12.1 Å². The fourth-order valence-corrected chi connectivity index (χ4v) is 2.51. The summed E-state index contributed by atoms with van der Waals surface area (Å²) in [5, 5.41) is 12.1. The molecule has 0 heterocycles. The molecule has 18 heavy (non-hydrogen) atoms. The Kier molecular flexibility index (Phi) is 4.60. The van der Waals surface area contributed by atoms with Crippen molar-refractivity contribution in [2.75, 3.05) is 13.2 Å². The summed E-state index contributed by atoms with van der Waals surface area (Å²) in [5.41, 5.74) is 2.77. The summed E-state index contributed by atoms with van der Waals surface area (Å²) in [6, 6.07) is 8.66. The van der Waals surface area contributed by atoms with Crippen LogP contribution >= 0.6 is 0 Å². The summed E-state index contributed by atoms with van der Waals surface area (Å²) < 4.78 is 5.39. The zero-order chi connectivity index (χ0) is 12.8. The predicted octanol–water partition coefficient (Wildman–Crippen LogP) is 2.97. The lowest BCUT2D eigenvalue weighted by Gasteiger charge is -2.27. The molecule has 2 rings (SSSR count). The molecule has 1 aromatic carbocycles. The van der Waals surface area contributed by atoms with Crippen LogP contribution < -0.4 is 10.1 Å². The molecule has 3 heteroatoms. The van der Waals surface area contributed by atoms with Gasteiger partial charge >= 0.3 is 0 Å². The number of nitrogens with zero attached hydrogens (tertiary/aromatic N) is 1. The van der Waals surface area contributed by atoms with E-state index in [-0.39, 0.29) is 6.61 Å². The van der Waals surface area contributed by atoms with Crippen molar-refractivity contribution in [2.24, 2.45) is 0 Å². The van der Waals surface area contributed by atoms with Gasteiger partial charge in [0.1, 0.15) is 11.8 Å². The van der Waals surface area contributed by atoms with Crippen molar-refractivity contribution in [1.82, 2.24) is 5.32 Å². The van der Waals surface area contributed by atoms with Gasteiger partial charge in [0.25, 0.3) is 0 Å². The quantitative estimate of drug-likeness (QED) is 0.866. The molecular weight excluding hydrogens is 224 g/mol. The number of benzene rings is 1. The number of hydrogen-bond acceptors (Lipinski definition) is 3. The Hall–Kier alpha value is -1.53. The summed E-state index contributed by atoms with van der Waals surface area (Å²) in [6.07, 6.45) is 4.73. The third-order valence-corrected chi connectivity index (χ3v) is 3.38. The van der Waals surface area contributed by atoms with Gasteiger partial charge in [-0.1, -0.05) is 13.0 Å². The smallest absolute Gasteiger partial charge is 0.174 e. The van der Waals surface area contributed by atoms with Gasteiger partial charge in [-0.15, -0.1) is 0 Å². The number of fused-ring (bicyclic) bond motifs is 1. The van der Waals surface area contributed by atoms with E-state index in [4.69, 9.17) is 10.00 Å². The molecule has 0 fully saturated rings. The maximum Gasteiger partial charge on any atom is 0.174 e. The van der Waals surface area contributed by atoms with E-state index in [2.05, 4.69) is 24.4 Å². The highest BCUT2D eigenvalue weighted by Gasteiger charge is 2.19. The minimum Gasteiger partial charge on any atom is -0.479 e. The van der Waals surface area contributed by atoms with Gasteiger partial charge in [0.2, 0.25) is 0 Å². The minimum atomic E-state index is 0.117. The van der Waals surface area contributed by atoms with Gasteiger partial charge in [0.15, 0.2) is 6.61 Å². The van der Waals surface area contributed by atoms with Crippen LogP contribution in [0.4, 0.5) is 0 Å². The first-order valence-electron chi connectivity index (χ1n) is 6.71. The van der Waals surface area contributed by atoms with Crippen LogP contribution in [0.1, 0.15) is 43.4 Å². The predicted molar refractivity (Wildman–Crippen MR) is 71.5 cm³/mol. The number of hydrogen-bond donors (Lipinski definition) is 1. The van der Waals surface area contributed by atoms with Crippen molar-refractivity contribution in [1.29, 1.82) is 5.26 Å². The zero-order valence-electron chi connectivity index (χ0n) is 10.9. The van der Waals surface area contributed by atoms with Gasteiger partial charge in [-0.25, -0.2) is 0 Å². The fourth-order valence-electron chi connectivity index (χ4n) is 2.51. The maximum absolute atomic E-state index is 8.55. The van der Waals surface area contributed by atoms with E-state index < -0.39 is 0 Å². The molecule has 0 amide bonds. The molecule has 0 aliphatic heterocycles. The van der Waals surface area contributed by atoms with Crippen molar-refractivity contribution < 1.29 is 4.74 Å². The van der Waals surface area contributed by atoms with Crippen molar-refractivity contribution in [3.63, 3.8) is 0 Å². The molecule has 0 spiro atoms. The van der Waals surface area contributed by atoms with Crippen LogP contribution in [-0.2, 0) is 6.42 Å². The molecule has 96 valence electrons. The summed E-state index contributed by atoms with van der Waals surface area (Å²) >= 11 is 0. The molecule has 1 atom stereocenters. The second-order valence-corrected chi connectivity index (χ2v) is 4.71. The normalized spacial score (nSPS) is 17.9. The highest BCUT2D eigenvalue weighted by Crippen LogP contribution is 2.32. The summed E-state index contributed by atoms with van der Waals surface area (Å²) in [5.74, 6) is 0.806. The third-order valence-electron chi connectivity index (χ3n) is 3.38. The molecule has 1 aliphatic carbocycles. The van der Waals surface area contributed by atoms with E-state index in [0.717, 1.165) is 25.1 Å². The topological polar surface area (TPSA) is 45.0 Å². The van der Waals surface area contributed by atoms with E-state index in [9.17, 15) is 0 Å². The van der Waals surface area contributed by atoms with E-state index in [1.165, 1.54) is 24.0 Å². The monoisotopic (exact) mass is 244 g/mol. The largest absolute Gasteiger partial charge is 0.479 e. The van der Waals surface area contributed by atoms with Gasteiger partial charge in [0, 0.05) is 6.04 Å². The second-order valence-electron chi connectivity index (χ2n) is 4.71. The first kappa shape index (κ1) is 12.9. The van der Waals surface area contributed by atoms with Gasteiger partial charge < -0.3 is 10.1 Å². The number of nitriles is 1. The second kappa shape index (κ2) is 6.42. The van der Waals surface area contributed by atoms with E-state index in [1.54, 1.807) is 0 Å². The molecule has 1 unspecified atom stereocenters. The Morgan fingerprint density at radius 2 is 2.39 bits per heavy atom. The summed E-state index contributed by atoms with van der Waals surface area (Å²) in [7, 11) is 0. The lowest BCUT2D eigenvalue weighted by molar-refractivity contribution is 0.365. The molecule has 0 aromatic heterocycles. The lowest BCUT2D eigenvalue weighted by atomic mass is 9.87. The Balaban J connectivity index is 2.15. The standard InChI is InChI=1S/C15H20N2O/c1-2-9-17-15-5-3-4-12-6-7-13(11-14(12)15)18-10-8-16/h6-7,11,15,17H,2-5,9-10H2,1H3. The fraction of sp³-hybridized carbons (Fsp3) is 0.533. The molecular formula is C15H20N2O. The lowest BCUT2D eigenvalue weighted by Crippen LogP contribution is -2.25. The molecule has 0 saturated heterocycles. The molecule has 1 N–H and O–H groups in total. The van der Waals surface area contributed by atoms with Crippen LogP contribution in [0, 0.1) is 11.3 Å². The Labute approximate surface area is 109 Å². The molecule has 0 radical (unpaired) electrons. The van der Waals surface area contributed by atoms with Crippen molar-refractivity contribution >= 4 is 0 Å². The average Bonchev–Trinajstić information content (AvgIpc) is 2.42. The number of aryl methyl sites for hydroxylation is 1. The van der Waals surface area contributed by atoms with Gasteiger partial charge in [0.05, 0.1) is 0 Å². The molecule has 0 saturated carbocycles. The van der Waals surface area contributed by atoms with Crippen molar-refractivity contribution in [2.45, 2.75) is 38.6 Å². The highest BCUT2D eigenvalue weighted by molar-refractivity contribution is 5.39. The van der Waals surface area contributed by atoms with Crippen molar-refractivity contribution in [3.8, 4) is 11.8 Å². The Bertz CT molecular complexity index is 437. The minimum absolute atomic E-state index is 0.117. The summed E-state index contributed by atoms with van der Waals surface area (Å²) in [4.78, 5) is 0. The molecule has 1 aliphatic rings. The molecule has 1 aromatic rings. The average molecular weight is 244 g/mol. The highest BCUT2D eigenvalue weighted by atomic mass is 16.5. The van der Waals surface area contributed by atoms with Crippen LogP contribution in [-0.4, -0.2) is 13.2 Å². The SMILES string of the molecule is CCCNC1CCCc2ccc(OCC#N)cc21. The number of rotatable bonds is 5. The number of ether oxygens (including phenoxy) is 1. The van der Waals surface area contributed by atoms with E-state index >= 15 is 0 Å². The summed E-state index contributed by atoms with van der Waals surface area (Å²) in [6.45, 7) is 3.35. The Morgan fingerprint density at radius 3 is 3.17 bits per heavy atom. The van der Waals surface area contributed by atoms with E-state index in [0.29, 0.717) is 6.04 Å². The Morgan fingerprint density at radius 1 is 1.50 bits per heavy atom. The first-order valence-corrected chi connectivity index (χ1v) is 6.71. The zero-order valence-corrected chi connectivity index (χ0v) is 10.9. The van der Waals surface area contributed by atoms with Crippen LogP contribution in [0.2, 0.25) is 0 Å². The third kappa shape index (κ3) is 3.02. The van der Waals surface area contributed by atoms with Gasteiger partial charge in [-0.2, -0.15) is 5.26 Å².